The van der Waals surface area contributed by atoms with Gasteiger partial charge in [0.05, 0.1) is 0 Å². The van der Waals surface area contributed by atoms with Crippen molar-refractivity contribution in [1.82, 2.24) is 0 Å². The predicted molar refractivity (Wildman–Crippen MR) is 112 cm³/mol. The second-order valence-corrected chi connectivity index (χ2v) is 6.64. The molecule has 0 radical (unpaired) electrons. The molecule has 6 heteroatoms. The Kier molecular flexibility index (Phi) is 38.6. The van der Waals surface area contributed by atoms with Crippen molar-refractivity contribution in [1.29, 1.82) is 0 Å². The third kappa shape index (κ3) is 40.1. The number of carboxylic acids is 2. The van der Waals surface area contributed by atoms with E-state index < -0.39 is 11.9 Å². The van der Waals surface area contributed by atoms with Crippen LogP contribution in [0, 0.1) is 0 Å². The van der Waals surface area contributed by atoms with Gasteiger partial charge in [-0.2, -0.15) is 0 Å². The Labute approximate surface area is 191 Å². The first kappa shape index (κ1) is 34.8. The van der Waals surface area contributed by atoms with E-state index in [2.05, 4.69) is 13.2 Å². The number of halogens is 1. The van der Waals surface area contributed by atoms with Crippen molar-refractivity contribution in [2.75, 3.05) is 0 Å². The van der Waals surface area contributed by atoms with Gasteiger partial charge in [0.2, 0.25) is 0 Å². The number of carboxylic acid groups (broad SMARTS) is 2. The van der Waals surface area contributed by atoms with Crippen molar-refractivity contribution in [3.8, 4) is 0 Å². The summed E-state index contributed by atoms with van der Waals surface area (Å²) in [6.45, 7) is 7.31. The monoisotopic (exact) mass is 466 g/mol. The summed E-state index contributed by atoms with van der Waals surface area (Å²) < 4.78 is 0. The molecular formula is C22H39ClO4Zn. The molecule has 0 unspecified atom stereocenters. The van der Waals surface area contributed by atoms with E-state index in [-0.39, 0.29) is 44.7 Å². The molecule has 4 nitrogen and oxygen atoms in total. The second kappa shape index (κ2) is 31.0. The van der Waals surface area contributed by atoms with E-state index in [1.807, 2.05) is 12.2 Å². The molecule has 28 heavy (non-hydrogen) atoms. The maximum atomic E-state index is 10.1. The van der Waals surface area contributed by atoms with Crippen molar-refractivity contribution in [2.45, 2.75) is 103 Å². The van der Waals surface area contributed by atoms with Crippen LogP contribution in [0.25, 0.3) is 0 Å². The van der Waals surface area contributed by atoms with Crippen LogP contribution in [0.5, 0.6) is 0 Å². The summed E-state index contributed by atoms with van der Waals surface area (Å²) in [6, 6.07) is 0. The predicted octanol–water partition coefficient (Wildman–Crippen LogP) is 4.51. The van der Waals surface area contributed by atoms with Gasteiger partial charge in [-0.05, 0) is 51.4 Å². The molecule has 0 aromatic rings. The number of unbranched alkanes of at least 4 members (excludes halogenated alkanes) is 12. The van der Waals surface area contributed by atoms with Crippen molar-refractivity contribution in [3.63, 3.8) is 0 Å². The molecule has 0 atom stereocenters. The minimum absolute atomic E-state index is 0. The topological polar surface area (TPSA) is 80.3 Å². The van der Waals surface area contributed by atoms with Crippen molar-refractivity contribution in [3.05, 3.63) is 25.3 Å². The number of allylic oxidation sites excluding steroid dienone is 2. The second-order valence-electron chi connectivity index (χ2n) is 6.64. The smallest absolute Gasteiger partial charge is 0.550 e. The van der Waals surface area contributed by atoms with E-state index in [9.17, 15) is 19.8 Å². The summed E-state index contributed by atoms with van der Waals surface area (Å²) in [5.41, 5.74) is 0. The first-order chi connectivity index (χ1) is 12.5. The molecule has 0 saturated heterocycles. The standard InChI is InChI=1S/2C11H20O2.ClH.Zn/c2*1-2-3-4-5-6-7-8-9-10-11(12)13;;/h2*2H,1,3-10H2,(H,12,13);1H;/q;;;+2/p-2. The first-order valence-corrected chi connectivity index (χ1v) is 10.2. The Hall–Kier alpha value is -0.667. The quantitative estimate of drug-likeness (QED) is 0.169. The third-order valence-corrected chi connectivity index (χ3v) is 4.08. The molecule has 0 spiro atoms. The van der Waals surface area contributed by atoms with Gasteiger partial charge in [-0.3, -0.25) is 0 Å². The Morgan fingerprint density at radius 2 is 0.821 bits per heavy atom. The van der Waals surface area contributed by atoms with E-state index >= 15 is 0 Å². The first-order valence-electron chi connectivity index (χ1n) is 10.2. The van der Waals surface area contributed by atoms with E-state index in [1.165, 1.54) is 38.5 Å². The molecule has 0 N–H and O–H groups in total. The van der Waals surface area contributed by atoms with Gasteiger partial charge in [-0.1, -0.05) is 63.5 Å². The van der Waals surface area contributed by atoms with E-state index in [1.54, 1.807) is 0 Å². The maximum absolute atomic E-state index is 10.1. The molecule has 0 bridgehead atoms. The molecule has 0 rings (SSSR count). The minimum Gasteiger partial charge on any atom is -0.550 e. The van der Waals surface area contributed by atoms with Crippen LogP contribution in [0.15, 0.2) is 25.3 Å². The van der Waals surface area contributed by atoms with Crippen LogP contribution in [-0.2, 0) is 29.1 Å². The van der Waals surface area contributed by atoms with E-state index in [4.69, 9.17) is 0 Å². The molecule has 0 amide bonds. The molecule has 0 aliphatic carbocycles. The SMILES string of the molecule is C=CCCCCCCCCC(=O)[O-].C=CCCCCCCCCC(=O)[O-].Cl.[Zn+2]. The largest absolute Gasteiger partial charge is 2.00 e. The van der Waals surface area contributed by atoms with Gasteiger partial charge in [0.15, 0.2) is 0 Å². The van der Waals surface area contributed by atoms with Crippen molar-refractivity contribution < 1.29 is 39.3 Å². The molecule has 160 valence electrons. The fourth-order valence-electron chi connectivity index (χ4n) is 2.53. The van der Waals surface area contributed by atoms with Crippen LogP contribution in [0.4, 0.5) is 0 Å². The van der Waals surface area contributed by atoms with Crippen LogP contribution in [-0.4, -0.2) is 11.9 Å². The zero-order chi connectivity index (χ0) is 19.9. The van der Waals surface area contributed by atoms with Crippen LogP contribution in [0.2, 0.25) is 0 Å². The van der Waals surface area contributed by atoms with E-state index in [0.29, 0.717) is 0 Å². The van der Waals surface area contributed by atoms with Gasteiger partial charge in [0, 0.05) is 11.9 Å². The van der Waals surface area contributed by atoms with Crippen molar-refractivity contribution in [2.24, 2.45) is 0 Å². The van der Waals surface area contributed by atoms with Crippen molar-refractivity contribution >= 4 is 24.3 Å². The number of hydrogen-bond donors (Lipinski definition) is 0. The molecule has 0 aliphatic heterocycles. The molecule has 0 heterocycles. The number of aliphatic carboxylic acids is 2. The van der Waals surface area contributed by atoms with Gasteiger partial charge >= 0.3 is 19.5 Å². The zero-order valence-electron chi connectivity index (χ0n) is 17.6. The zero-order valence-corrected chi connectivity index (χ0v) is 21.4. The molecule has 0 saturated carbocycles. The summed E-state index contributed by atoms with van der Waals surface area (Å²) in [6.07, 6.45) is 19.7. The Morgan fingerprint density at radius 3 is 1.07 bits per heavy atom. The molecule has 0 fully saturated rings. The van der Waals surface area contributed by atoms with Gasteiger partial charge < -0.3 is 19.8 Å². The fraction of sp³-hybridized carbons (Fsp3) is 0.727. The molecule has 0 aromatic heterocycles. The van der Waals surface area contributed by atoms with Gasteiger partial charge in [-0.15, -0.1) is 25.6 Å². The van der Waals surface area contributed by atoms with Crippen LogP contribution >= 0.6 is 12.4 Å². The number of rotatable bonds is 18. The van der Waals surface area contributed by atoms with Crippen LogP contribution < -0.4 is 10.2 Å². The minimum atomic E-state index is -0.924. The average molecular weight is 468 g/mol. The van der Waals surface area contributed by atoms with Gasteiger partial charge in [-0.25, -0.2) is 0 Å². The average Bonchev–Trinajstić information content (AvgIpc) is 2.60. The van der Waals surface area contributed by atoms with E-state index in [0.717, 1.165) is 51.4 Å². The third-order valence-electron chi connectivity index (χ3n) is 4.08. The van der Waals surface area contributed by atoms with Crippen LogP contribution in [0.3, 0.4) is 0 Å². The Morgan fingerprint density at radius 1 is 0.571 bits per heavy atom. The fourth-order valence-corrected chi connectivity index (χ4v) is 2.53. The summed E-state index contributed by atoms with van der Waals surface area (Å²) in [4.78, 5) is 20.1. The maximum Gasteiger partial charge on any atom is 2.00 e. The van der Waals surface area contributed by atoms with Gasteiger partial charge in [0.25, 0.3) is 0 Å². The molecular weight excluding hydrogens is 429 g/mol. The summed E-state index contributed by atoms with van der Waals surface area (Å²) in [5, 5.41) is 20.1. The van der Waals surface area contributed by atoms with Crippen LogP contribution in [0.1, 0.15) is 103 Å². The molecule has 0 aliphatic rings. The van der Waals surface area contributed by atoms with Gasteiger partial charge in [0.1, 0.15) is 0 Å². The summed E-state index contributed by atoms with van der Waals surface area (Å²) in [5.74, 6) is -1.85. The normalized spacial score (nSPS) is 9.14. The Bertz CT molecular complexity index is 328. The summed E-state index contributed by atoms with van der Waals surface area (Å²) in [7, 11) is 0. The number of hydrogen-bond acceptors (Lipinski definition) is 4. The molecule has 0 aromatic carbocycles. The number of carbonyl (C=O) groups excluding carboxylic acids is 2. The Balaban J connectivity index is -0.000000192. The number of carbonyl (C=O) groups is 2. The summed E-state index contributed by atoms with van der Waals surface area (Å²) >= 11 is 0.